The van der Waals surface area contributed by atoms with Crippen molar-refractivity contribution in [3.63, 3.8) is 0 Å². The second-order valence-corrected chi connectivity index (χ2v) is 6.31. The predicted octanol–water partition coefficient (Wildman–Crippen LogP) is 2.82. The molecule has 3 rings (SSSR count). The van der Waals surface area contributed by atoms with Crippen LogP contribution in [0.25, 0.3) is 0 Å². The lowest BCUT2D eigenvalue weighted by atomic mass is 9.98. The fourth-order valence-electron chi connectivity index (χ4n) is 2.67. The van der Waals surface area contributed by atoms with E-state index in [4.69, 9.17) is 10.5 Å². The van der Waals surface area contributed by atoms with Crippen LogP contribution in [0.1, 0.15) is 44.2 Å². The zero-order valence-corrected chi connectivity index (χ0v) is 10.8. The van der Waals surface area contributed by atoms with Gasteiger partial charge in [-0.25, -0.2) is 0 Å². The number of para-hydroxylation sites is 1. The van der Waals surface area contributed by atoms with Gasteiger partial charge in [-0.2, -0.15) is 0 Å². The van der Waals surface area contributed by atoms with Gasteiger partial charge in [0.05, 0.1) is 0 Å². The Kier molecular flexibility index (Phi) is 2.27. The number of rotatable bonds is 3. The Hall–Kier alpha value is -1.02. The maximum Gasteiger partial charge on any atom is 0.126 e. The molecule has 17 heavy (non-hydrogen) atoms. The fraction of sp³-hybridized carbons (Fsp3) is 0.600. The highest BCUT2D eigenvalue weighted by atomic mass is 16.5. The van der Waals surface area contributed by atoms with Crippen molar-refractivity contribution in [2.75, 3.05) is 0 Å². The Morgan fingerprint density at radius 2 is 2.06 bits per heavy atom. The molecule has 2 N–H and O–H groups in total. The van der Waals surface area contributed by atoms with Crippen LogP contribution in [0.3, 0.4) is 0 Å². The number of ether oxygens (including phenoxy) is 1. The van der Waals surface area contributed by atoms with E-state index >= 15 is 0 Å². The molecule has 0 radical (unpaired) electrons. The predicted molar refractivity (Wildman–Crippen MR) is 69.3 cm³/mol. The van der Waals surface area contributed by atoms with E-state index in [2.05, 4.69) is 32.0 Å². The molecule has 0 aromatic heterocycles. The average Bonchev–Trinajstić information content (AvgIpc) is 2.87. The van der Waals surface area contributed by atoms with E-state index in [0.717, 1.165) is 25.0 Å². The van der Waals surface area contributed by atoms with Gasteiger partial charge in [0.25, 0.3) is 0 Å². The molecule has 0 unspecified atom stereocenters. The van der Waals surface area contributed by atoms with Gasteiger partial charge in [-0.05, 0) is 50.7 Å². The minimum atomic E-state index is -0.0432. The molecular formula is C15H21NO. The lowest BCUT2D eigenvalue weighted by Crippen LogP contribution is -2.25. The molecule has 0 saturated heterocycles. The summed E-state index contributed by atoms with van der Waals surface area (Å²) in [5.74, 6) is 1.13. The van der Waals surface area contributed by atoms with Crippen LogP contribution in [-0.4, -0.2) is 11.1 Å². The summed E-state index contributed by atoms with van der Waals surface area (Å²) < 4.78 is 6.07. The first-order valence-electron chi connectivity index (χ1n) is 6.56. The van der Waals surface area contributed by atoms with Gasteiger partial charge in [-0.15, -0.1) is 0 Å². The summed E-state index contributed by atoms with van der Waals surface area (Å²) in [7, 11) is 0. The molecule has 1 aromatic carbocycles. The quantitative estimate of drug-likeness (QED) is 0.868. The lowest BCUT2D eigenvalue weighted by Gasteiger charge is -2.18. The molecule has 0 bridgehead atoms. The third-order valence-corrected chi connectivity index (χ3v) is 3.96. The number of benzene rings is 1. The Bertz CT molecular complexity index is 446. The third-order valence-electron chi connectivity index (χ3n) is 3.96. The van der Waals surface area contributed by atoms with E-state index in [1.54, 1.807) is 0 Å². The summed E-state index contributed by atoms with van der Waals surface area (Å²) in [6.07, 6.45) is 5.54. The van der Waals surface area contributed by atoms with Gasteiger partial charge >= 0.3 is 0 Å². The first kappa shape index (κ1) is 11.1. The largest absolute Gasteiger partial charge is 0.487 e. The first-order chi connectivity index (χ1) is 7.98. The Balaban J connectivity index is 1.80. The minimum absolute atomic E-state index is 0.0432. The second-order valence-electron chi connectivity index (χ2n) is 6.31. The normalized spacial score (nSPS) is 23.0. The first-order valence-corrected chi connectivity index (χ1v) is 6.56. The molecule has 92 valence electrons. The maximum absolute atomic E-state index is 6.15. The van der Waals surface area contributed by atoms with Crippen LogP contribution in [0.5, 0.6) is 5.75 Å². The van der Waals surface area contributed by atoms with Crippen LogP contribution in [0.15, 0.2) is 18.2 Å². The highest BCUT2D eigenvalue weighted by Gasteiger charge is 2.38. The molecule has 2 nitrogen and oxygen atoms in total. The molecule has 1 aliphatic carbocycles. The van der Waals surface area contributed by atoms with E-state index in [9.17, 15) is 0 Å². The van der Waals surface area contributed by atoms with E-state index in [-0.39, 0.29) is 11.1 Å². The van der Waals surface area contributed by atoms with Gasteiger partial charge in [-0.1, -0.05) is 18.2 Å². The molecule has 1 heterocycles. The summed E-state index contributed by atoms with van der Waals surface area (Å²) in [6, 6.07) is 6.52. The van der Waals surface area contributed by atoms with Crippen molar-refractivity contribution < 1.29 is 4.74 Å². The van der Waals surface area contributed by atoms with Crippen LogP contribution in [0.2, 0.25) is 0 Å². The van der Waals surface area contributed by atoms with Gasteiger partial charge in [-0.3, -0.25) is 0 Å². The van der Waals surface area contributed by atoms with E-state index < -0.39 is 0 Å². The highest BCUT2D eigenvalue weighted by molar-refractivity contribution is 5.46. The van der Waals surface area contributed by atoms with Gasteiger partial charge in [0, 0.05) is 12.0 Å². The molecule has 2 heteroatoms. The highest BCUT2D eigenvalue weighted by Crippen LogP contribution is 2.41. The average molecular weight is 231 g/mol. The Labute approximate surface area is 103 Å². The molecule has 2 aliphatic rings. The number of aryl methyl sites for hydroxylation is 1. The zero-order valence-electron chi connectivity index (χ0n) is 10.8. The number of nitrogens with two attached hydrogens (primary N) is 1. The summed E-state index contributed by atoms with van der Waals surface area (Å²) in [5, 5.41) is 0. The lowest BCUT2D eigenvalue weighted by molar-refractivity contribution is 0.137. The summed E-state index contributed by atoms with van der Waals surface area (Å²) in [5.41, 5.74) is 8.94. The van der Waals surface area contributed by atoms with Gasteiger partial charge in [0.1, 0.15) is 11.4 Å². The number of hydrogen-bond acceptors (Lipinski definition) is 2. The van der Waals surface area contributed by atoms with E-state index in [1.807, 2.05) is 0 Å². The second kappa shape index (κ2) is 3.49. The third kappa shape index (κ3) is 2.19. The van der Waals surface area contributed by atoms with Crippen molar-refractivity contribution in [3.05, 3.63) is 29.3 Å². The van der Waals surface area contributed by atoms with Crippen LogP contribution in [-0.2, 0) is 12.8 Å². The molecule has 0 amide bonds. The van der Waals surface area contributed by atoms with Crippen molar-refractivity contribution in [2.45, 2.75) is 57.1 Å². The van der Waals surface area contributed by atoms with Crippen LogP contribution < -0.4 is 10.5 Å². The Morgan fingerprint density at radius 3 is 2.76 bits per heavy atom. The molecule has 1 fully saturated rings. The maximum atomic E-state index is 6.15. The summed E-state index contributed by atoms with van der Waals surface area (Å²) >= 11 is 0. The monoisotopic (exact) mass is 231 g/mol. The van der Waals surface area contributed by atoms with Crippen molar-refractivity contribution in [1.82, 2.24) is 0 Å². The number of hydrogen-bond donors (Lipinski definition) is 1. The summed E-state index contributed by atoms with van der Waals surface area (Å²) in [4.78, 5) is 0. The van der Waals surface area contributed by atoms with Crippen molar-refractivity contribution in [3.8, 4) is 5.75 Å². The SMILES string of the molecule is CC1(C)Cc2cccc(CCC3(N)CC3)c2O1. The van der Waals surface area contributed by atoms with Crippen LogP contribution in [0, 0.1) is 0 Å². The molecule has 0 spiro atoms. The van der Waals surface area contributed by atoms with Crippen molar-refractivity contribution in [2.24, 2.45) is 5.73 Å². The molecule has 0 atom stereocenters. The van der Waals surface area contributed by atoms with Crippen LogP contribution >= 0.6 is 0 Å². The van der Waals surface area contributed by atoms with Crippen molar-refractivity contribution >= 4 is 0 Å². The molecule has 1 aromatic rings. The summed E-state index contributed by atoms with van der Waals surface area (Å²) in [6.45, 7) is 4.31. The van der Waals surface area contributed by atoms with E-state index in [1.165, 1.54) is 24.0 Å². The molecule has 1 aliphatic heterocycles. The van der Waals surface area contributed by atoms with Gasteiger partial charge in [0.2, 0.25) is 0 Å². The Morgan fingerprint density at radius 1 is 1.29 bits per heavy atom. The topological polar surface area (TPSA) is 35.2 Å². The molecule has 1 saturated carbocycles. The minimum Gasteiger partial charge on any atom is -0.487 e. The number of fused-ring (bicyclic) bond motifs is 1. The van der Waals surface area contributed by atoms with Crippen molar-refractivity contribution in [1.29, 1.82) is 0 Å². The van der Waals surface area contributed by atoms with Gasteiger partial charge < -0.3 is 10.5 Å². The smallest absolute Gasteiger partial charge is 0.126 e. The van der Waals surface area contributed by atoms with E-state index in [0.29, 0.717) is 0 Å². The molecular weight excluding hydrogens is 210 g/mol. The van der Waals surface area contributed by atoms with Crippen LogP contribution in [0.4, 0.5) is 0 Å². The zero-order chi connectivity index (χ0) is 12.1. The standard InChI is InChI=1S/C15H21NO/c1-14(2)10-12-5-3-4-11(13(12)17-14)6-7-15(16)8-9-15/h3-5H,6-10,16H2,1-2H3. The fourth-order valence-corrected chi connectivity index (χ4v) is 2.67. The van der Waals surface area contributed by atoms with Gasteiger partial charge in [0.15, 0.2) is 0 Å².